The Hall–Kier alpha value is -2.38. The van der Waals surface area contributed by atoms with Crippen molar-refractivity contribution in [3.8, 4) is 0 Å². The van der Waals surface area contributed by atoms with Gasteiger partial charge in [0, 0.05) is 18.2 Å². The van der Waals surface area contributed by atoms with Crippen LogP contribution in [-0.2, 0) is 16.0 Å². The van der Waals surface area contributed by atoms with E-state index in [1.165, 1.54) is 23.7 Å². The highest BCUT2D eigenvalue weighted by molar-refractivity contribution is 8.01. The van der Waals surface area contributed by atoms with E-state index in [0.29, 0.717) is 12.3 Å². The van der Waals surface area contributed by atoms with Gasteiger partial charge in [-0.15, -0.1) is 11.3 Å². The summed E-state index contributed by atoms with van der Waals surface area (Å²) in [5, 5.41) is 6.04. The van der Waals surface area contributed by atoms with E-state index in [9.17, 15) is 9.59 Å². The minimum Gasteiger partial charge on any atom is -0.355 e. The fourth-order valence-electron chi connectivity index (χ4n) is 3.82. The van der Waals surface area contributed by atoms with Crippen LogP contribution < -0.4 is 10.6 Å². The highest BCUT2D eigenvalue weighted by Crippen LogP contribution is 2.32. The number of rotatable bonds is 8. The van der Waals surface area contributed by atoms with Gasteiger partial charge < -0.3 is 10.6 Å². The van der Waals surface area contributed by atoms with Crippen LogP contribution in [0.15, 0.2) is 52.9 Å². The number of carbonyl (C=O) groups excluding carboxylic acids is 2. The molecule has 3 aromatic rings. The zero-order chi connectivity index (χ0) is 21.5. The molecule has 162 valence electrons. The summed E-state index contributed by atoms with van der Waals surface area (Å²) in [5.41, 5.74) is 2.93. The van der Waals surface area contributed by atoms with E-state index in [4.69, 9.17) is 0 Å². The normalized spacial score (nSPS) is 14.5. The van der Waals surface area contributed by atoms with Gasteiger partial charge in [0.2, 0.25) is 11.8 Å². The molecule has 0 unspecified atom stereocenters. The predicted molar refractivity (Wildman–Crippen MR) is 129 cm³/mol. The number of amides is 2. The lowest BCUT2D eigenvalue weighted by Crippen LogP contribution is -2.27. The largest absolute Gasteiger partial charge is 0.355 e. The Morgan fingerprint density at radius 1 is 1.06 bits per heavy atom. The number of hydrogen-bond donors (Lipinski definition) is 2. The van der Waals surface area contributed by atoms with Gasteiger partial charge in [0.05, 0.1) is 16.0 Å². The number of hydrogen-bond acceptors (Lipinski definition) is 5. The number of fused-ring (bicyclic) bond motifs is 1. The quantitative estimate of drug-likeness (QED) is 0.456. The number of anilines is 1. The Kier molecular flexibility index (Phi) is 7.59. The van der Waals surface area contributed by atoms with E-state index in [-0.39, 0.29) is 17.7 Å². The Morgan fingerprint density at radius 3 is 2.68 bits per heavy atom. The zero-order valence-electron chi connectivity index (χ0n) is 17.4. The molecular formula is C24H27N3O2S2. The maximum Gasteiger partial charge on any atom is 0.230 e. The van der Waals surface area contributed by atoms with Crippen LogP contribution in [0.5, 0.6) is 0 Å². The smallest absolute Gasteiger partial charge is 0.230 e. The summed E-state index contributed by atoms with van der Waals surface area (Å²) >= 11 is 3.01. The van der Waals surface area contributed by atoms with Gasteiger partial charge in [0.1, 0.15) is 0 Å². The van der Waals surface area contributed by atoms with E-state index >= 15 is 0 Å². The third-order valence-electron chi connectivity index (χ3n) is 5.52. The first-order valence-electron chi connectivity index (χ1n) is 10.8. The fraction of sp³-hybridized carbons (Fsp3) is 0.375. The van der Waals surface area contributed by atoms with Crippen LogP contribution in [0.4, 0.5) is 5.69 Å². The van der Waals surface area contributed by atoms with E-state index in [1.54, 1.807) is 11.3 Å². The van der Waals surface area contributed by atoms with Crippen molar-refractivity contribution in [1.82, 2.24) is 10.3 Å². The number of thiazole rings is 1. The molecule has 0 atom stereocenters. The summed E-state index contributed by atoms with van der Waals surface area (Å²) < 4.78 is 1.89. The predicted octanol–water partition coefficient (Wildman–Crippen LogP) is 5.27. The zero-order valence-corrected chi connectivity index (χ0v) is 19.1. The van der Waals surface area contributed by atoms with Gasteiger partial charge in [-0.2, -0.15) is 0 Å². The standard InChI is InChI=1S/C24H27N3O2S2/c28-22(25-14-13-17-7-3-1-4-8-17)16-30-24-27-20-12-11-19(15-21(20)31-24)26-23(29)18-9-5-2-6-10-18/h1,3-4,7-8,11-12,15,18H,2,5-6,9-10,13-14,16H2,(H,25,28)(H,26,29). The molecule has 7 heteroatoms. The number of aromatic nitrogens is 1. The van der Waals surface area contributed by atoms with Crippen molar-refractivity contribution in [2.45, 2.75) is 42.9 Å². The molecule has 0 spiro atoms. The molecule has 4 rings (SSSR count). The molecular weight excluding hydrogens is 426 g/mol. The van der Waals surface area contributed by atoms with E-state index in [0.717, 1.165) is 52.3 Å². The van der Waals surface area contributed by atoms with Crippen molar-refractivity contribution < 1.29 is 9.59 Å². The topological polar surface area (TPSA) is 71.1 Å². The summed E-state index contributed by atoms with van der Waals surface area (Å²) in [5.74, 6) is 0.628. The van der Waals surface area contributed by atoms with Gasteiger partial charge >= 0.3 is 0 Å². The summed E-state index contributed by atoms with van der Waals surface area (Å²) in [6.45, 7) is 0.632. The first kappa shape index (κ1) is 21.8. The average Bonchev–Trinajstić information content (AvgIpc) is 3.21. The molecule has 2 N–H and O–H groups in total. The lowest BCUT2D eigenvalue weighted by Gasteiger charge is -2.20. The number of thioether (sulfide) groups is 1. The molecule has 1 saturated carbocycles. The summed E-state index contributed by atoms with van der Waals surface area (Å²) in [6, 6.07) is 16.0. The lowest BCUT2D eigenvalue weighted by atomic mass is 9.88. The van der Waals surface area contributed by atoms with E-state index < -0.39 is 0 Å². The van der Waals surface area contributed by atoms with Crippen LogP contribution in [0.1, 0.15) is 37.7 Å². The highest BCUT2D eigenvalue weighted by Gasteiger charge is 2.21. The van der Waals surface area contributed by atoms with Crippen molar-refractivity contribution in [1.29, 1.82) is 0 Å². The van der Waals surface area contributed by atoms with Gasteiger partial charge in [-0.3, -0.25) is 9.59 Å². The van der Waals surface area contributed by atoms with Gasteiger partial charge in [-0.1, -0.05) is 61.4 Å². The number of nitrogens with one attached hydrogen (secondary N) is 2. The van der Waals surface area contributed by atoms with Crippen molar-refractivity contribution in [3.63, 3.8) is 0 Å². The third kappa shape index (κ3) is 6.31. The van der Waals surface area contributed by atoms with E-state index in [1.807, 2.05) is 36.4 Å². The van der Waals surface area contributed by atoms with Gasteiger partial charge in [-0.05, 0) is 43.0 Å². The van der Waals surface area contributed by atoms with E-state index in [2.05, 4.69) is 27.8 Å². The molecule has 2 amide bonds. The lowest BCUT2D eigenvalue weighted by molar-refractivity contribution is -0.121. The van der Waals surface area contributed by atoms with Crippen molar-refractivity contribution >= 4 is 50.8 Å². The molecule has 1 aliphatic rings. The second kappa shape index (κ2) is 10.8. The minimum absolute atomic E-state index is 0.0145. The van der Waals surface area contributed by atoms with Crippen LogP contribution in [0, 0.1) is 5.92 Å². The van der Waals surface area contributed by atoms with Gasteiger partial charge in [0.15, 0.2) is 4.34 Å². The Labute approximate surface area is 191 Å². The first-order valence-corrected chi connectivity index (χ1v) is 12.6. The molecule has 1 heterocycles. The second-order valence-corrected chi connectivity index (χ2v) is 10.1. The van der Waals surface area contributed by atoms with Gasteiger partial charge in [-0.25, -0.2) is 4.98 Å². The molecule has 1 fully saturated rings. The van der Waals surface area contributed by atoms with Gasteiger partial charge in [0.25, 0.3) is 0 Å². The third-order valence-corrected chi connectivity index (χ3v) is 7.68. The summed E-state index contributed by atoms with van der Waals surface area (Å²) in [4.78, 5) is 29.2. The van der Waals surface area contributed by atoms with Crippen LogP contribution in [-0.4, -0.2) is 29.1 Å². The second-order valence-electron chi connectivity index (χ2n) is 7.86. The molecule has 5 nitrogen and oxygen atoms in total. The monoisotopic (exact) mass is 453 g/mol. The number of nitrogens with zero attached hydrogens (tertiary/aromatic N) is 1. The molecule has 2 aromatic carbocycles. The molecule has 0 saturated heterocycles. The minimum atomic E-state index is 0.0145. The fourth-order valence-corrected chi connectivity index (χ4v) is 5.76. The molecule has 0 radical (unpaired) electrons. The summed E-state index contributed by atoms with van der Waals surface area (Å²) in [7, 11) is 0. The Balaban J connectivity index is 1.26. The number of benzene rings is 2. The van der Waals surface area contributed by atoms with Crippen LogP contribution in [0.25, 0.3) is 10.2 Å². The maximum atomic E-state index is 12.5. The first-order chi connectivity index (χ1) is 15.2. The number of carbonyl (C=O) groups is 2. The van der Waals surface area contributed by atoms with Crippen molar-refractivity contribution in [2.24, 2.45) is 5.92 Å². The van der Waals surface area contributed by atoms with Crippen LogP contribution in [0.2, 0.25) is 0 Å². The van der Waals surface area contributed by atoms with Crippen molar-refractivity contribution in [2.75, 3.05) is 17.6 Å². The molecule has 1 aromatic heterocycles. The average molecular weight is 454 g/mol. The van der Waals surface area contributed by atoms with Crippen molar-refractivity contribution in [3.05, 3.63) is 54.1 Å². The van der Waals surface area contributed by atoms with Crippen LogP contribution in [0.3, 0.4) is 0 Å². The van der Waals surface area contributed by atoms with Crippen LogP contribution >= 0.6 is 23.1 Å². The highest BCUT2D eigenvalue weighted by atomic mass is 32.2. The molecule has 0 aliphatic heterocycles. The Morgan fingerprint density at radius 2 is 1.87 bits per heavy atom. The maximum absolute atomic E-state index is 12.5. The Bertz CT molecular complexity index is 1030. The molecule has 31 heavy (non-hydrogen) atoms. The summed E-state index contributed by atoms with van der Waals surface area (Å²) in [6.07, 6.45) is 6.33. The SMILES string of the molecule is O=C(CSc1nc2ccc(NC(=O)C3CCCCC3)cc2s1)NCCc1ccccc1. The molecule has 1 aliphatic carbocycles. The molecule has 0 bridgehead atoms.